The van der Waals surface area contributed by atoms with Crippen molar-refractivity contribution in [1.29, 1.82) is 0 Å². The van der Waals surface area contributed by atoms with E-state index < -0.39 is 0 Å². The van der Waals surface area contributed by atoms with Crippen molar-refractivity contribution in [1.82, 2.24) is 4.90 Å². The molecule has 1 heterocycles. The van der Waals surface area contributed by atoms with E-state index in [1.807, 2.05) is 13.0 Å². The van der Waals surface area contributed by atoms with Crippen molar-refractivity contribution in [2.45, 2.75) is 46.1 Å². The molecule has 0 aliphatic carbocycles. The molecule has 0 atom stereocenters. The Balaban J connectivity index is 1.97. The van der Waals surface area contributed by atoms with Gasteiger partial charge in [0.25, 0.3) is 0 Å². The number of nitrogens with zero attached hydrogens (tertiary/aromatic N) is 2. The van der Waals surface area contributed by atoms with Crippen molar-refractivity contribution < 1.29 is 4.74 Å². The minimum Gasteiger partial charge on any atom is -0.494 e. The first kappa shape index (κ1) is 15.7. The van der Waals surface area contributed by atoms with Gasteiger partial charge < -0.3 is 15.4 Å². The third kappa shape index (κ3) is 4.66. The summed E-state index contributed by atoms with van der Waals surface area (Å²) >= 11 is 0. The molecule has 116 valence electrons. The molecule has 4 heteroatoms. The lowest BCUT2D eigenvalue weighted by Crippen LogP contribution is -2.38. The summed E-state index contributed by atoms with van der Waals surface area (Å²) in [6.07, 6.45) is 5.06. The fourth-order valence-electron chi connectivity index (χ4n) is 2.70. The SMILES string of the molecule is CCOc1ccc(CN=C(N)N2CCCCCC2)cc1C. The van der Waals surface area contributed by atoms with Crippen LogP contribution >= 0.6 is 0 Å². The van der Waals surface area contributed by atoms with Gasteiger partial charge in [0.2, 0.25) is 0 Å². The van der Waals surface area contributed by atoms with Crippen molar-refractivity contribution in [3.63, 3.8) is 0 Å². The van der Waals surface area contributed by atoms with Gasteiger partial charge in [0.05, 0.1) is 13.2 Å². The van der Waals surface area contributed by atoms with Gasteiger partial charge in [0.1, 0.15) is 5.75 Å². The van der Waals surface area contributed by atoms with Crippen LogP contribution in [-0.4, -0.2) is 30.6 Å². The summed E-state index contributed by atoms with van der Waals surface area (Å²) in [7, 11) is 0. The standard InChI is InChI=1S/C17H27N3O/c1-3-21-16-9-8-15(12-14(16)2)13-19-17(18)20-10-6-4-5-7-11-20/h8-9,12H,3-7,10-11,13H2,1-2H3,(H2,18,19). The smallest absolute Gasteiger partial charge is 0.191 e. The summed E-state index contributed by atoms with van der Waals surface area (Å²) in [6.45, 7) is 7.47. The molecule has 1 fully saturated rings. The Bertz CT molecular complexity index is 477. The number of rotatable bonds is 4. The summed E-state index contributed by atoms with van der Waals surface area (Å²) in [5.41, 5.74) is 8.46. The zero-order chi connectivity index (χ0) is 15.1. The van der Waals surface area contributed by atoms with Gasteiger partial charge in [0, 0.05) is 13.1 Å². The van der Waals surface area contributed by atoms with Crippen LogP contribution < -0.4 is 10.5 Å². The van der Waals surface area contributed by atoms with E-state index in [9.17, 15) is 0 Å². The second kappa shape index (κ2) is 7.91. The molecule has 1 aromatic rings. The molecule has 1 aliphatic rings. The molecule has 0 bridgehead atoms. The molecule has 2 N–H and O–H groups in total. The van der Waals surface area contributed by atoms with Gasteiger partial charge in [-0.2, -0.15) is 0 Å². The lowest BCUT2D eigenvalue weighted by Gasteiger charge is -2.21. The number of ether oxygens (including phenoxy) is 1. The van der Waals surface area contributed by atoms with Crippen molar-refractivity contribution in [3.8, 4) is 5.75 Å². The molecule has 1 aromatic carbocycles. The zero-order valence-corrected chi connectivity index (χ0v) is 13.3. The van der Waals surface area contributed by atoms with E-state index in [-0.39, 0.29) is 0 Å². The molecule has 2 rings (SSSR count). The maximum atomic E-state index is 6.13. The van der Waals surface area contributed by atoms with Crippen LogP contribution in [0, 0.1) is 6.92 Å². The average Bonchev–Trinajstić information content (AvgIpc) is 2.76. The number of hydrogen-bond donors (Lipinski definition) is 1. The first-order chi connectivity index (χ1) is 10.2. The van der Waals surface area contributed by atoms with Gasteiger partial charge in [-0.25, -0.2) is 4.99 Å². The van der Waals surface area contributed by atoms with Crippen LogP contribution in [0.15, 0.2) is 23.2 Å². The Morgan fingerprint density at radius 2 is 1.95 bits per heavy atom. The number of aryl methyl sites for hydroxylation is 1. The van der Waals surface area contributed by atoms with E-state index in [1.165, 1.54) is 31.2 Å². The molecule has 0 aromatic heterocycles. The number of hydrogen-bond acceptors (Lipinski definition) is 2. The molecule has 0 radical (unpaired) electrons. The second-order valence-electron chi connectivity index (χ2n) is 5.61. The number of nitrogens with two attached hydrogens (primary N) is 1. The molecule has 4 nitrogen and oxygen atoms in total. The largest absolute Gasteiger partial charge is 0.494 e. The Morgan fingerprint density at radius 3 is 2.57 bits per heavy atom. The van der Waals surface area contributed by atoms with Gasteiger partial charge in [0.15, 0.2) is 5.96 Å². The maximum Gasteiger partial charge on any atom is 0.191 e. The third-order valence-corrected chi connectivity index (χ3v) is 3.89. The van der Waals surface area contributed by atoms with E-state index in [2.05, 4.69) is 28.9 Å². The lowest BCUT2D eigenvalue weighted by molar-refractivity contribution is 0.338. The topological polar surface area (TPSA) is 50.9 Å². The predicted molar refractivity (Wildman–Crippen MR) is 87.7 cm³/mol. The highest BCUT2D eigenvalue weighted by Gasteiger charge is 2.10. The van der Waals surface area contributed by atoms with Gasteiger partial charge in [-0.3, -0.25) is 0 Å². The summed E-state index contributed by atoms with van der Waals surface area (Å²) in [4.78, 5) is 6.77. The van der Waals surface area contributed by atoms with Crippen molar-refractivity contribution in [3.05, 3.63) is 29.3 Å². The van der Waals surface area contributed by atoms with E-state index in [1.54, 1.807) is 0 Å². The maximum absolute atomic E-state index is 6.13. The average molecular weight is 289 g/mol. The molecule has 0 unspecified atom stereocenters. The number of guanidine groups is 1. The van der Waals surface area contributed by atoms with Crippen LogP contribution in [0.5, 0.6) is 5.75 Å². The monoisotopic (exact) mass is 289 g/mol. The van der Waals surface area contributed by atoms with E-state index in [4.69, 9.17) is 10.5 Å². The number of benzene rings is 1. The van der Waals surface area contributed by atoms with Crippen LogP contribution in [0.1, 0.15) is 43.7 Å². The molecule has 1 saturated heterocycles. The molecule has 0 spiro atoms. The summed E-state index contributed by atoms with van der Waals surface area (Å²) in [6, 6.07) is 6.22. The fourth-order valence-corrected chi connectivity index (χ4v) is 2.70. The predicted octanol–water partition coefficient (Wildman–Crippen LogP) is 3.08. The summed E-state index contributed by atoms with van der Waals surface area (Å²) < 4.78 is 5.56. The molecule has 21 heavy (non-hydrogen) atoms. The van der Waals surface area contributed by atoms with E-state index >= 15 is 0 Å². The minimum atomic E-state index is 0.635. The van der Waals surface area contributed by atoms with Gasteiger partial charge in [-0.05, 0) is 43.9 Å². The first-order valence-corrected chi connectivity index (χ1v) is 7.98. The molecular weight excluding hydrogens is 262 g/mol. The minimum absolute atomic E-state index is 0.635. The lowest BCUT2D eigenvalue weighted by atomic mass is 10.1. The zero-order valence-electron chi connectivity index (χ0n) is 13.3. The van der Waals surface area contributed by atoms with Gasteiger partial charge in [-0.15, -0.1) is 0 Å². The molecule has 0 amide bonds. The van der Waals surface area contributed by atoms with Crippen LogP contribution in [-0.2, 0) is 6.54 Å². The van der Waals surface area contributed by atoms with Crippen molar-refractivity contribution >= 4 is 5.96 Å². The number of aliphatic imine (C=N–C) groups is 1. The van der Waals surface area contributed by atoms with E-state index in [0.717, 1.165) is 24.4 Å². The fraction of sp³-hybridized carbons (Fsp3) is 0.588. The van der Waals surface area contributed by atoms with Crippen LogP contribution in [0.25, 0.3) is 0 Å². The highest BCUT2D eigenvalue weighted by Crippen LogP contribution is 2.19. The van der Waals surface area contributed by atoms with Gasteiger partial charge >= 0.3 is 0 Å². The van der Waals surface area contributed by atoms with Crippen molar-refractivity contribution in [2.24, 2.45) is 10.7 Å². The van der Waals surface area contributed by atoms with E-state index in [0.29, 0.717) is 19.1 Å². The second-order valence-corrected chi connectivity index (χ2v) is 5.61. The number of likely N-dealkylation sites (tertiary alicyclic amines) is 1. The summed E-state index contributed by atoms with van der Waals surface area (Å²) in [5.74, 6) is 1.63. The molecule has 1 aliphatic heterocycles. The van der Waals surface area contributed by atoms with Crippen LogP contribution in [0.4, 0.5) is 0 Å². The molecular formula is C17H27N3O. The van der Waals surface area contributed by atoms with Crippen molar-refractivity contribution in [2.75, 3.05) is 19.7 Å². The highest BCUT2D eigenvalue weighted by molar-refractivity contribution is 5.78. The summed E-state index contributed by atoms with van der Waals surface area (Å²) in [5, 5.41) is 0. The quantitative estimate of drug-likeness (QED) is 0.684. The van der Waals surface area contributed by atoms with Gasteiger partial charge in [-0.1, -0.05) is 25.0 Å². The van der Waals surface area contributed by atoms with Crippen LogP contribution in [0.3, 0.4) is 0 Å². The Labute approximate surface area is 128 Å². The first-order valence-electron chi connectivity index (χ1n) is 7.98. The Morgan fingerprint density at radius 1 is 1.24 bits per heavy atom. The molecule has 0 saturated carbocycles. The third-order valence-electron chi connectivity index (χ3n) is 3.89. The Kier molecular flexibility index (Phi) is 5.90. The normalized spacial score (nSPS) is 16.7. The highest BCUT2D eigenvalue weighted by atomic mass is 16.5. The Hall–Kier alpha value is -1.71. The van der Waals surface area contributed by atoms with Crippen LogP contribution in [0.2, 0.25) is 0 Å².